The first-order chi connectivity index (χ1) is 7.25. The van der Waals surface area contributed by atoms with Crippen LogP contribution in [0.5, 0.6) is 0 Å². The van der Waals surface area contributed by atoms with Crippen LogP contribution in [-0.4, -0.2) is 15.8 Å². The summed E-state index contributed by atoms with van der Waals surface area (Å²) in [6, 6.07) is 7.70. The molecule has 0 unspecified atom stereocenters. The number of hydrogen-bond donors (Lipinski definition) is 1. The van der Waals surface area contributed by atoms with Crippen LogP contribution in [0.2, 0.25) is 0 Å². The monoisotopic (exact) mass is 264 g/mol. The van der Waals surface area contributed by atoms with E-state index in [4.69, 9.17) is 0 Å². The minimum atomic E-state index is -0.00176. The Kier molecular flexibility index (Phi) is 2.97. The number of benzene rings is 1. The molecule has 1 aromatic heterocycles. The highest BCUT2D eigenvalue weighted by Gasteiger charge is 2.08. The van der Waals surface area contributed by atoms with Crippen LogP contribution in [0.25, 0.3) is 0 Å². The van der Waals surface area contributed by atoms with E-state index in [1.165, 1.54) is 0 Å². The van der Waals surface area contributed by atoms with Crippen molar-refractivity contribution in [2.45, 2.75) is 6.42 Å². The molecule has 0 aliphatic heterocycles. The fourth-order valence-corrected chi connectivity index (χ4v) is 1.78. The maximum atomic E-state index is 11.7. The van der Waals surface area contributed by atoms with Gasteiger partial charge in [0.2, 0.25) is 5.78 Å². The number of aromatic amines is 1. The summed E-state index contributed by atoms with van der Waals surface area (Å²) in [5.74, 6) is 0.410. The molecule has 0 amide bonds. The van der Waals surface area contributed by atoms with Gasteiger partial charge in [-0.15, -0.1) is 0 Å². The lowest BCUT2D eigenvalue weighted by atomic mass is 10.1. The number of rotatable bonds is 3. The van der Waals surface area contributed by atoms with Gasteiger partial charge < -0.3 is 4.98 Å². The SMILES string of the molecule is O=C(Cc1cccc(Br)c1)c1ncc[nH]1. The fraction of sp³-hybridized carbons (Fsp3) is 0.0909. The predicted octanol–water partition coefficient (Wildman–Crippen LogP) is 2.60. The minimum absolute atomic E-state index is 0.00176. The first kappa shape index (κ1) is 10.1. The average Bonchev–Trinajstić information content (AvgIpc) is 2.70. The third-order valence-corrected chi connectivity index (χ3v) is 2.51. The highest BCUT2D eigenvalue weighted by atomic mass is 79.9. The van der Waals surface area contributed by atoms with Gasteiger partial charge >= 0.3 is 0 Å². The van der Waals surface area contributed by atoms with Crippen LogP contribution in [0.3, 0.4) is 0 Å². The summed E-state index contributed by atoms with van der Waals surface area (Å²) < 4.78 is 0.979. The van der Waals surface area contributed by atoms with Gasteiger partial charge in [0.05, 0.1) is 0 Å². The number of aromatic nitrogens is 2. The summed E-state index contributed by atoms with van der Waals surface area (Å²) in [6.07, 6.45) is 3.59. The van der Waals surface area contributed by atoms with Crippen molar-refractivity contribution in [1.82, 2.24) is 9.97 Å². The van der Waals surface area contributed by atoms with Gasteiger partial charge in [0, 0.05) is 23.3 Å². The lowest BCUT2D eigenvalue weighted by Gasteiger charge is -1.99. The van der Waals surface area contributed by atoms with Gasteiger partial charge in [-0.2, -0.15) is 0 Å². The second kappa shape index (κ2) is 4.40. The summed E-state index contributed by atoms with van der Waals surface area (Å²) in [6.45, 7) is 0. The lowest BCUT2D eigenvalue weighted by Crippen LogP contribution is -2.05. The smallest absolute Gasteiger partial charge is 0.202 e. The molecule has 2 rings (SSSR count). The second-order valence-electron chi connectivity index (χ2n) is 3.17. The molecule has 0 atom stereocenters. The zero-order valence-electron chi connectivity index (χ0n) is 7.90. The number of carbonyl (C=O) groups excluding carboxylic acids is 1. The number of Topliss-reactive ketones (excluding diaryl/α,β-unsaturated/α-hetero) is 1. The molecule has 0 saturated heterocycles. The maximum Gasteiger partial charge on any atom is 0.202 e. The number of nitrogens with one attached hydrogen (secondary N) is 1. The van der Waals surface area contributed by atoms with Crippen LogP contribution in [0.1, 0.15) is 16.2 Å². The molecule has 1 aromatic carbocycles. The summed E-state index contributed by atoms with van der Waals surface area (Å²) in [7, 11) is 0. The molecule has 0 bridgehead atoms. The molecule has 15 heavy (non-hydrogen) atoms. The van der Waals surface area contributed by atoms with Crippen LogP contribution in [0.15, 0.2) is 41.1 Å². The molecule has 1 heterocycles. The van der Waals surface area contributed by atoms with Gasteiger partial charge in [0.1, 0.15) is 0 Å². The summed E-state index contributed by atoms with van der Waals surface area (Å²) in [5, 5.41) is 0. The quantitative estimate of drug-likeness (QED) is 0.867. The number of halogens is 1. The lowest BCUT2D eigenvalue weighted by molar-refractivity contribution is 0.0984. The first-order valence-electron chi connectivity index (χ1n) is 4.53. The summed E-state index contributed by atoms with van der Waals surface area (Å²) in [4.78, 5) is 18.4. The molecule has 0 aliphatic rings. The van der Waals surface area contributed by atoms with Crippen LogP contribution >= 0.6 is 15.9 Å². The van der Waals surface area contributed by atoms with Crippen LogP contribution in [-0.2, 0) is 6.42 Å². The van der Waals surface area contributed by atoms with E-state index in [2.05, 4.69) is 25.9 Å². The third-order valence-electron chi connectivity index (χ3n) is 2.02. The van der Waals surface area contributed by atoms with Crippen molar-refractivity contribution in [3.05, 3.63) is 52.5 Å². The van der Waals surface area contributed by atoms with Crippen LogP contribution < -0.4 is 0 Å². The number of carbonyl (C=O) groups is 1. The Hall–Kier alpha value is -1.42. The number of ketones is 1. The van der Waals surface area contributed by atoms with E-state index in [0.717, 1.165) is 10.0 Å². The van der Waals surface area contributed by atoms with E-state index < -0.39 is 0 Å². The first-order valence-corrected chi connectivity index (χ1v) is 5.32. The highest BCUT2D eigenvalue weighted by Crippen LogP contribution is 2.13. The number of nitrogens with zero attached hydrogens (tertiary/aromatic N) is 1. The molecule has 0 saturated carbocycles. The zero-order chi connectivity index (χ0) is 10.7. The largest absolute Gasteiger partial charge is 0.342 e. The Morgan fingerprint density at radius 2 is 2.33 bits per heavy atom. The molecule has 0 fully saturated rings. The molecule has 0 radical (unpaired) electrons. The van der Waals surface area contributed by atoms with E-state index in [9.17, 15) is 4.79 Å². The van der Waals surface area contributed by atoms with Gasteiger partial charge in [-0.3, -0.25) is 4.79 Å². The molecule has 1 N–H and O–H groups in total. The molecule has 0 spiro atoms. The Balaban J connectivity index is 2.13. The molecule has 4 heteroatoms. The van der Waals surface area contributed by atoms with Gasteiger partial charge in [-0.05, 0) is 17.7 Å². The molecular formula is C11H9BrN2O. The van der Waals surface area contributed by atoms with E-state index in [1.807, 2.05) is 24.3 Å². The normalized spacial score (nSPS) is 10.2. The van der Waals surface area contributed by atoms with Crippen LogP contribution in [0, 0.1) is 0 Å². The Bertz CT molecular complexity index is 465. The molecule has 0 aliphatic carbocycles. The van der Waals surface area contributed by atoms with Crippen molar-refractivity contribution in [2.24, 2.45) is 0 Å². The van der Waals surface area contributed by atoms with Crippen molar-refractivity contribution >= 4 is 21.7 Å². The minimum Gasteiger partial charge on any atom is -0.342 e. The van der Waals surface area contributed by atoms with E-state index in [-0.39, 0.29) is 5.78 Å². The van der Waals surface area contributed by atoms with Gasteiger partial charge in [-0.25, -0.2) is 4.98 Å². The van der Waals surface area contributed by atoms with E-state index >= 15 is 0 Å². The fourth-order valence-electron chi connectivity index (χ4n) is 1.33. The Morgan fingerprint density at radius 1 is 1.47 bits per heavy atom. The third kappa shape index (κ3) is 2.53. The number of H-pyrrole nitrogens is 1. The van der Waals surface area contributed by atoms with Crippen molar-refractivity contribution in [1.29, 1.82) is 0 Å². The second-order valence-corrected chi connectivity index (χ2v) is 4.08. The van der Waals surface area contributed by atoms with Crippen molar-refractivity contribution in [3.8, 4) is 0 Å². The zero-order valence-corrected chi connectivity index (χ0v) is 9.49. The van der Waals surface area contributed by atoms with Crippen LogP contribution in [0.4, 0.5) is 0 Å². The highest BCUT2D eigenvalue weighted by molar-refractivity contribution is 9.10. The van der Waals surface area contributed by atoms with Crippen molar-refractivity contribution < 1.29 is 4.79 Å². The van der Waals surface area contributed by atoms with Gasteiger partial charge in [0.15, 0.2) is 5.82 Å². The predicted molar refractivity (Wildman–Crippen MR) is 60.8 cm³/mol. The van der Waals surface area contributed by atoms with E-state index in [1.54, 1.807) is 12.4 Å². The van der Waals surface area contributed by atoms with Crippen molar-refractivity contribution in [2.75, 3.05) is 0 Å². The van der Waals surface area contributed by atoms with Gasteiger partial charge in [-0.1, -0.05) is 28.1 Å². The molecule has 2 aromatic rings. The Morgan fingerprint density at radius 3 is 3.00 bits per heavy atom. The number of imidazole rings is 1. The summed E-state index contributed by atoms with van der Waals surface area (Å²) >= 11 is 3.37. The topological polar surface area (TPSA) is 45.8 Å². The summed E-state index contributed by atoms with van der Waals surface area (Å²) in [5.41, 5.74) is 0.978. The van der Waals surface area contributed by atoms with E-state index in [0.29, 0.717) is 12.2 Å². The standard InChI is InChI=1S/C11H9BrN2O/c12-9-3-1-2-8(6-9)7-10(15)11-13-4-5-14-11/h1-6H,7H2,(H,13,14). The molecular weight excluding hydrogens is 256 g/mol. The average molecular weight is 265 g/mol. The molecule has 76 valence electrons. The van der Waals surface area contributed by atoms with Crippen molar-refractivity contribution in [3.63, 3.8) is 0 Å². The number of hydrogen-bond acceptors (Lipinski definition) is 2. The molecule has 3 nitrogen and oxygen atoms in total. The maximum absolute atomic E-state index is 11.7. The Labute approximate surface area is 95.7 Å². The van der Waals surface area contributed by atoms with Gasteiger partial charge in [0.25, 0.3) is 0 Å².